The molecular formula is C44H33N5. The van der Waals surface area contributed by atoms with Crippen LogP contribution >= 0.6 is 0 Å². The molecule has 0 saturated carbocycles. The molecule has 4 aromatic carbocycles. The molecule has 0 unspecified atom stereocenters. The van der Waals surface area contributed by atoms with Gasteiger partial charge in [-0.1, -0.05) is 98.8 Å². The smallest absolute Gasteiger partial charge is 0.238 e. The highest BCUT2D eigenvalue weighted by Crippen LogP contribution is 2.51. The first-order valence-corrected chi connectivity index (χ1v) is 17.0. The van der Waals surface area contributed by atoms with Crippen LogP contribution in [-0.2, 0) is 18.3 Å². The highest BCUT2D eigenvalue weighted by Gasteiger charge is 2.37. The summed E-state index contributed by atoms with van der Waals surface area (Å²) < 4.78 is 4.79. The molecule has 3 aliphatic rings. The summed E-state index contributed by atoms with van der Waals surface area (Å²) in [6, 6.07) is 33.5. The summed E-state index contributed by atoms with van der Waals surface area (Å²) in [5.74, 6) is 1.94. The quantitative estimate of drug-likeness (QED) is 0.182. The second kappa shape index (κ2) is 10.2. The van der Waals surface area contributed by atoms with Crippen LogP contribution in [0, 0.1) is 6.92 Å². The van der Waals surface area contributed by atoms with Gasteiger partial charge in [0.15, 0.2) is 5.82 Å². The van der Waals surface area contributed by atoms with Crippen molar-refractivity contribution in [2.24, 2.45) is 0 Å². The van der Waals surface area contributed by atoms with E-state index in [1.54, 1.807) is 0 Å². The van der Waals surface area contributed by atoms with E-state index < -0.39 is 0 Å². The maximum atomic E-state index is 5.16. The topological polar surface area (TPSA) is 48.5 Å². The maximum absolute atomic E-state index is 5.16. The lowest BCUT2D eigenvalue weighted by atomic mass is 9.82. The first-order valence-electron chi connectivity index (χ1n) is 17.0. The maximum Gasteiger partial charge on any atom is 0.238 e. The third kappa shape index (κ3) is 3.97. The summed E-state index contributed by atoms with van der Waals surface area (Å²) in [4.78, 5) is 15.0. The zero-order valence-corrected chi connectivity index (χ0v) is 27.7. The fourth-order valence-corrected chi connectivity index (χ4v) is 8.47. The Balaban J connectivity index is 1.28. The molecule has 234 valence electrons. The summed E-state index contributed by atoms with van der Waals surface area (Å²) in [5, 5.41) is 2.53. The van der Waals surface area contributed by atoms with Gasteiger partial charge < -0.3 is 4.57 Å². The standard InChI is InChI=1S/C44H33N5/c1-27-45-42(28-14-6-4-5-7-15-28)47-43(46-27)49-39-21-13-10-18-33(39)35-25-24-34-32-17-9-12-20-38(32)48(40(34)41(35)49)29-22-23-31-30-16-8-11-19-36(30)44(2,3)37(31)26-29/h4-6,8-23,26H,24-25H2,1-3H3. The second-order valence-corrected chi connectivity index (χ2v) is 13.8. The van der Waals surface area contributed by atoms with Crippen LogP contribution < -0.4 is 0 Å². The van der Waals surface area contributed by atoms with E-state index in [-0.39, 0.29) is 5.41 Å². The molecule has 0 fully saturated rings. The van der Waals surface area contributed by atoms with Gasteiger partial charge in [0.2, 0.25) is 5.95 Å². The molecule has 5 heteroatoms. The lowest BCUT2D eigenvalue weighted by molar-refractivity contribution is 0.660. The first kappa shape index (κ1) is 28.0. The minimum atomic E-state index is -0.102. The molecule has 5 nitrogen and oxygen atoms in total. The highest BCUT2D eigenvalue weighted by molar-refractivity contribution is 6.00. The normalized spacial score (nSPS) is 15.2. The molecule has 0 saturated heterocycles. The summed E-state index contributed by atoms with van der Waals surface area (Å²) in [6.07, 6.45) is 11.7. The largest absolute Gasteiger partial charge is 0.307 e. The molecule has 3 heterocycles. The van der Waals surface area contributed by atoms with Gasteiger partial charge >= 0.3 is 0 Å². The van der Waals surface area contributed by atoms with Gasteiger partial charge in [0.1, 0.15) is 5.82 Å². The predicted molar refractivity (Wildman–Crippen MR) is 198 cm³/mol. The predicted octanol–water partition coefficient (Wildman–Crippen LogP) is 9.80. The molecule has 3 aromatic heterocycles. The summed E-state index contributed by atoms with van der Waals surface area (Å²) in [7, 11) is 0. The van der Waals surface area contributed by atoms with E-state index in [2.05, 4.69) is 120 Å². The molecule has 0 atom stereocenters. The number of allylic oxidation sites excluding steroid dienone is 5. The SMILES string of the molecule is Cc1nc(C2=CC=CC=C=C2)nc(-n2c3c(c4ccccc42)CCc2c-3n(-c3ccc4c(c3)C(C)(C)c3ccccc3-4)c3ccccc23)n1. The highest BCUT2D eigenvalue weighted by atomic mass is 15.2. The van der Waals surface area contributed by atoms with Crippen LogP contribution in [0.15, 0.2) is 127 Å². The average Bonchev–Trinajstić information content (AvgIpc) is 3.60. The monoisotopic (exact) mass is 631 g/mol. The van der Waals surface area contributed by atoms with Crippen molar-refractivity contribution in [2.75, 3.05) is 0 Å². The molecule has 0 spiro atoms. The number of nitrogens with zero attached hydrogens (tertiary/aromatic N) is 5. The average molecular weight is 632 g/mol. The van der Waals surface area contributed by atoms with Gasteiger partial charge in [0.05, 0.1) is 22.4 Å². The van der Waals surface area contributed by atoms with Crippen molar-refractivity contribution < 1.29 is 0 Å². The molecular weight excluding hydrogens is 599 g/mol. The van der Waals surface area contributed by atoms with Crippen molar-refractivity contribution >= 4 is 27.4 Å². The summed E-state index contributed by atoms with van der Waals surface area (Å²) >= 11 is 0. The van der Waals surface area contributed by atoms with Crippen molar-refractivity contribution in [1.29, 1.82) is 0 Å². The van der Waals surface area contributed by atoms with Crippen molar-refractivity contribution in [2.45, 2.75) is 39.0 Å². The number of fused-ring (bicyclic) bond motifs is 10. The molecule has 3 aliphatic carbocycles. The van der Waals surface area contributed by atoms with Crippen LogP contribution in [0.2, 0.25) is 0 Å². The Bertz CT molecular complexity index is 2690. The van der Waals surface area contributed by atoms with Crippen molar-refractivity contribution in [3.63, 3.8) is 0 Å². The summed E-state index contributed by atoms with van der Waals surface area (Å²) in [5.41, 5.74) is 18.0. The lowest BCUT2D eigenvalue weighted by Crippen LogP contribution is -2.16. The van der Waals surface area contributed by atoms with Crippen LogP contribution in [0.3, 0.4) is 0 Å². The Hall–Kier alpha value is -6.03. The molecule has 10 rings (SSSR count). The van der Waals surface area contributed by atoms with Gasteiger partial charge in [-0.3, -0.25) is 4.57 Å². The van der Waals surface area contributed by atoms with E-state index in [1.165, 1.54) is 61.1 Å². The molecule has 0 aliphatic heterocycles. The molecule has 0 bridgehead atoms. The summed E-state index contributed by atoms with van der Waals surface area (Å²) in [6.45, 7) is 6.66. The zero-order chi connectivity index (χ0) is 32.9. The van der Waals surface area contributed by atoms with Gasteiger partial charge in [-0.25, -0.2) is 4.98 Å². The van der Waals surface area contributed by atoms with Crippen LogP contribution in [0.25, 0.3) is 61.5 Å². The molecule has 0 amide bonds. The van der Waals surface area contributed by atoms with Crippen LogP contribution in [0.1, 0.15) is 47.8 Å². The van der Waals surface area contributed by atoms with Crippen molar-refractivity contribution in [1.82, 2.24) is 24.1 Å². The third-order valence-corrected chi connectivity index (χ3v) is 10.6. The Morgan fingerprint density at radius 1 is 0.673 bits per heavy atom. The number of aromatic nitrogens is 5. The van der Waals surface area contributed by atoms with E-state index in [9.17, 15) is 0 Å². The fraction of sp³-hybridized carbons (Fsp3) is 0.136. The molecule has 49 heavy (non-hydrogen) atoms. The van der Waals surface area contributed by atoms with E-state index in [1.807, 2.05) is 37.3 Å². The van der Waals surface area contributed by atoms with E-state index in [0.717, 1.165) is 29.6 Å². The minimum absolute atomic E-state index is 0.102. The lowest BCUT2D eigenvalue weighted by Gasteiger charge is -2.23. The number of hydrogen-bond acceptors (Lipinski definition) is 3. The van der Waals surface area contributed by atoms with Crippen LogP contribution in [0.4, 0.5) is 0 Å². The van der Waals surface area contributed by atoms with Gasteiger partial charge in [-0.05, 0) is 89.6 Å². The van der Waals surface area contributed by atoms with Crippen LogP contribution in [-0.4, -0.2) is 24.1 Å². The third-order valence-electron chi connectivity index (χ3n) is 10.6. The number of aryl methyl sites for hydroxylation is 3. The van der Waals surface area contributed by atoms with Gasteiger partial charge in [0.25, 0.3) is 0 Å². The number of hydrogen-bond donors (Lipinski definition) is 0. The second-order valence-electron chi connectivity index (χ2n) is 13.8. The first-order chi connectivity index (χ1) is 24.0. The van der Waals surface area contributed by atoms with E-state index >= 15 is 0 Å². The molecule has 7 aromatic rings. The fourth-order valence-electron chi connectivity index (χ4n) is 8.47. The molecule has 0 radical (unpaired) electrons. The Kier molecular flexibility index (Phi) is 5.85. The zero-order valence-electron chi connectivity index (χ0n) is 27.7. The Labute approximate surface area is 284 Å². The van der Waals surface area contributed by atoms with Crippen LogP contribution in [0.5, 0.6) is 0 Å². The number of benzene rings is 4. The van der Waals surface area contributed by atoms with Crippen molar-refractivity contribution in [3.05, 3.63) is 161 Å². The van der Waals surface area contributed by atoms with E-state index in [0.29, 0.717) is 17.6 Å². The van der Waals surface area contributed by atoms with Gasteiger partial charge in [-0.15, -0.1) is 5.73 Å². The Morgan fingerprint density at radius 2 is 1.35 bits per heavy atom. The minimum Gasteiger partial charge on any atom is -0.307 e. The van der Waals surface area contributed by atoms with Crippen molar-refractivity contribution in [3.8, 4) is 34.2 Å². The molecule has 0 N–H and O–H groups in total. The Morgan fingerprint density at radius 3 is 2.14 bits per heavy atom. The van der Waals surface area contributed by atoms with E-state index in [4.69, 9.17) is 15.0 Å². The van der Waals surface area contributed by atoms with Gasteiger partial charge in [0, 0.05) is 27.4 Å². The van der Waals surface area contributed by atoms with Gasteiger partial charge in [-0.2, -0.15) is 9.97 Å². The number of para-hydroxylation sites is 2. The number of rotatable bonds is 3.